The molecule has 1 aliphatic rings. The highest BCUT2D eigenvalue weighted by Gasteiger charge is 2.22. The van der Waals surface area contributed by atoms with Gasteiger partial charge in [-0.2, -0.15) is 0 Å². The molecule has 1 saturated heterocycles. The second-order valence-corrected chi connectivity index (χ2v) is 6.98. The fraction of sp³-hybridized carbons (Fsp3) is 0.667. The SMILES string of the molecule is CCNC(=NCC(C)Oc1cccc(F)c1)N1CCC(OCCCOC)CC1.I. The van der Waals surface area contributed by atoms with Crippen molar-refractivity contribution in [1.29, 1.82) is 0 Å². The van der Waals surface area contributed by atoms with Crippen molar-refractivity contribution < 1.29 is 18.6 Å². The van der Waals surface area contributed by atoms with E-state index in [-0.39, 0.29) is 35.9 Å². The number of halogens is 2. The van der Waals surface area contributed by atoms with Gasteiger partial charge in [0.15, 0.2) is 5.96 Å². The van der Waals surface area contributed by atoms with Crippen LogP contribution in [0.5, 0.6) is 5.75 Å². The van der Waals surface area contributed by atoms with Gasteiger partial charge in [0, 0.05) is 46.0 Å². The standard InChI is InChI=1S/C21H34FN3O3.HI/c1-4-23-21(24-16-17(2)28-20-8-5-7-18(22)15-20)25-11-9-19(10-12-25)27-14-6-13-26-3;/h5,7-8,15,17,19H,4,6,9-14,16H2,1-3H3,(H,23,24);1H. The third-order valence-corrected chi connectivity index (χ3v) is 4.55. The topological polar surface area (TPSA) is 55.3 Å². The predicted octanol–water partition coefficient (Wildman–Crippen LogP) is 3.69. The van der Waals surface area contributed by atoms with Crippen LogP contribution in [0.2, 0.25) is 0 Å². The van der Waals surface area contributed by atoms with E-state index in [4.69, 9.17) is 19.2 Å². The number of likely N-dealkylation sites (tertiary alicyclic amines) is 1. The van der Waals surface area contributed by atoms with Gasteiger partial charge in [0.1, 0.15) is 17.7 Å². The van der Waals surface area contributed by atoms with Gasteiger partial charge in [-0.05, 0) is 45.2 Å². The second kappa shape index (κ2) is 14.8. The zero-order valence-electron chi connectivity index (χ0n) is 17.7. The van der Waals surface area contributed by atoms with Crippen molar-refractivity contribution in [2.24, 2.45) is 4.99 Å². The number of hydrogen-bond acceptors (Lipinski definition) is 4. The van der Waals surface area contributed by atoms with Crippen molar-refractivity contribution >= 4 is 29.9 Å². The predicted molar refractivity (Wildman–Crippen MR) is 125 cm³/mol. The van der Waals surface area contributed by atoms with Gasteiger partial charge >= 0.3 is 0 Å². The number of hydrogen-bond donors (Lipinski definition) is 1. The summed E-state index contributed by atoms with van der Waals surface area (Å²) in [5.74, 6) is 1.13. The minimum atomic E-state index is -0.297. The molecule has 1 unspecified atom stereocenters. The van der Waals surface area contributed by atoms with Crippen molar-refractivity contribution in [3.05, 3.63) is 30.1 Å². The largest absolute Gasteiger partial charge is 0.489 e. The van der Waals surface area contributed by atoms with E-state index in [0.717, 1.165) is 58.1 Å². The molecule has 1 aromatic carbocycles. The first-order chi connectivity index (χ1) is 13.6. The Morgan fingerprint density at radius 1 is 1.31 bits per heavy atom. The molecular formula is C21H35FIN3O3. The van der Waals surface area contributed by atoms with Gasteiger partial charge < -0.3 is 24.4 Å². The van der Waals surface area contributed by atoms with Crippen molar-refractivity contribution in [3.8, 4) is 5.75 Å². The molecule has 0 aliphatic carbocycles. The average molecular weight is 523 g/mol. The normalized spacial score (nSPS) is 16.3. The maximum atomic E-state index is 13.3. The minimum Gasteiger partial charge on any atom is -0.489 e. The fourth-order valence-electron chi connectivity index (χ4n) is 3.14. The van der Waals surface area contributed by atoms with Gasteiger partial charge in [-0.1, -0.05) is 6.07 Å². The van der Waals surface area contributed by atoms with Gasteiger partial charge in [-0.3, -0.25) is 0 Å². The van der Waals surface area contributed by atoms with Crippen LogP contribution < -0.4 is 10.1 Å². The number of rotatable bonds is 10. The molecule has 1 heterocycles. The van der Waals surface area contributed by atoms with Crippen LogP contribution in [0.1, 0.15) is 33.1 Å². The summed E-state index contributed by atoms with van der Waals surface area (Å²) < 4.78 is 30.0. The van der Waals surface area contributed by atoms with Gasteiger partial charge in [0.05, 0.1) is 12.6 Å². The Balaban J connectivity index is 0.00000420. The van der Waals surface area contributed by atoms with E-state index in [1.807, 2.05) is 6.92 Å². The van der Waals surface area contributed by atoms with E-state index in [1.54, 1.807) is 19.2 Å². The highest BCUT2D eigenvalue weighted by molar-refractivity contribution is 14.0. The summed E-state index contributed by atoms with van der Waals surface area (Å²) in [6, 6.07) is 6.20. The number of benzene rings is 1. The first kappa shape index (κ1) is 25.9. The van der Waals surface area contributed by atoms with Gasteiger partial charge in [0.2, 0.25) is 0 Å². The number of methoxy groups -OCH3 is 1. The molecule has 0 amide bonds. The molecule has 29 heavy (non-hydrogen) atoms. The number of nitrogens with zero attached hydrogens (tertiary/aromatic N) is 2. The molecule has 0 bridgehead atoms. The summed E-state index contributed by atoms with van der Waals surface area (Å²) in [5.41, 5.74) is 0. The fourth-order valence-corrected chi connectivity index (χ4v) is 3.14. The van der Waals surface area contributed by atoms with Crippen LogP contribution >= 0.6 is 24.0 Å². The Morgan fingerprint density at radius 2 is 2.07 bits per heavy atom. The van der Waals surface area contributed by atoms with Crippen LogP contribution in [0.3, 0.4) is 0 Å². The Bertz CT molecular complexity index is 598. The molecule has 8 heteroatoms. The van der Waals surface area contributed by atoms with Crippen LogP contribution in [0, 0.1) is 5.82 Å². The van der Waals surface area contributed by atoms with Crippen molar-refractivity contribution in [1.82, 2.24) is 10.2 Å². The molecule has 2 rings (SSSR count). The number of nitrogens with one attached hydrogen (secondary N) is 1. The number of aliphatic imine (C=N–C) groups is 1. The van der Waals surface area contributed by atoms with E-state index in [0.29, 0.717) is 18.4 Å². The molecule has 0 spiro atoms. The third kappa shape index (κ3) is 9.95. The highest BCUT2D eigenvalue weighted by Crippen LogP contribution is 2.16. The Hall–Kier alpha value is -1.13. The van der Waals surface area contributed by atoms with E-state index in [9.17, 15) is 4.39 Å². The molecule has 1 atom stereocenters. The maximum Gasteiger partial charge on any atom is 0.194 e. The average Bonchev–Trinajstić information content (AvgIpc) is 2.69. The van der Waals surface area contributed by atoms with E-state index in [1.165, 1.54) is 12.1 Å². The van der Waals surface area contributed by atoms with Crippen LogP contribution in [0.25, 0.3) is 0 Å². The molecule has 6 nitrogen and oxygen atoms in total. The zero-order chi connectivity index (χ0) is 20.2. The smallest absolute Gasteiger partial charge is 0.194 e. The minimum absolute atomic E-state index is 0. The number of guanidine groups is 1. The summed E-state index contributed by atoms with van der Waals surface area (Å²) in [7, 11) is 1.71. The molecule has 0 radical (unpaired) electrons. The lowest BCUT2D eigenvalue weighted by Gasteiger charge is -2.34. The Kier molecular flexibility index (Phi) is 13.2. The molecule has 1 fully saturated rings. The summed E-state index contributed by atoms with van der Waals surface area (Å²) >= 11 is 0. The quantitative estimate of drug-likeness (QED) is 0.220. The van der Waals surface area contributed by atoms with Crippen LogP contribution in [0.4, 0.5) is 4.39 Å². The van der Waals surface area contributed by atoms with Gasteiger partial charge in [0.25, 0.3) is 0 Å². The summed E-state index contributed by atoms with van der Waals surface area (Å²) in [6.45, 7) is 8.65. The van der Waals surface area contributed by atoms with Gasteiger partial charge in [-0.15, -0.1) is 24.0 Å². The molecule has 1 aromatic rings. The molecular weight excluding hydrogens is 488 g/mol. The Morgan fingerprint density at radius 3 is 2.72 bits per heavy atom. The van der Waals surface area contributed by atoms with Crippen LogP contribution in [-0.2, 0) is 9.47 Å². The van der Waals surface area contributed by atoms with Crippen molar-refractivity contribution in [2.75, 3.05) is 46.5 Å². The zero-order valence-corrected chi connectivity index (χ0v) is 20.1. The van der Waals surface area contributed by atoms with Crippen LogP contribution in [-0.4, -0.2) is 69.6 Å². The maximum absolute atomic E-state index is 13.3. The first-order valence-corrected chi connectivity index (χ1v) is 10.2. The summed E-state index contributed by atoms with van der Waals surface area (Å²) in [6.07, 6.45) is 3.09. The third-order valence-electron chi connectivity index (χ3n) is 4.55. The second-order valence-electron chi connectivity index (χ2n) is 6.98. The number of ether oxygens (including phenoxy) is 3. The lowest BCUT2D eigenvalue weighted by atomic mass is 10.1. The summed E-state index contributed by atoms with van der Waals surface area (Å²) in [4.78, 5) is 6.99. The monoisotopic (exact) mass is 523 g/mol. The van der Waals surface area contributed by atoms with Gasteiger partial charge in [-0.25, -0.2) is 9.38 Å². The van der Waals surface area contributed by atoms with E-state index < -0.39 is 0 Å². The van der Waals surface area contributed by atoms with E-state index >= 15 is 0 Å². The molecule has 0 aromatic heterocycles. The van der Waals surface area contributed by atoms with Crippen molar-refractivity contribution in [3.63, 3.8) is 0 Å². The highest BCUT2D eigenvalue weighted by atomic mass is 127. The molecule has 1 N–H and O–H groups in total. The lowest BCUT2D eigenvalue weighted by molar-refractivity contribution is 0.00988. The van der Waals surface area contributed by atoms with E-state index in [2.05, 4.69) is 17.1 Å². The Labute approximate surface area is 191 Å². The van der Waals surface area contributed by atoms with Crippen molar-refractivity contribution in [2.45, 2.75) is 45.3 Å². The number of piperidine rings is 1. The molecule has 166 valence electrons. The first-order valence-electron chi connectivity index (χ1n) is 10.2. The molecule has 0 saturated carbocycles. The van der Waals surface area contributed by atoms with Crippen LogP contribution in [0.15, 0.2) is 29.3 Å². The summed E-state index contributed by atoms with van der Waals surface area (Å²) in [5, 5.41) is 3.36. The molecule has 1 aliphatic heterocycles. The lowest BCUT2D eigenvalue weighted by Crippen LogP contribution is -2.47.